The first-order valence-corrected chi connectivity index (χ1v) is 6.02. The highest BCUT2D eigenvalue weighted by Crippen LogP contribution is 2.22. The van der Waals surface area contributed by atoms with Crippen LogP contribution in [-0.2, 0) is 13.6 Å². The molecule has 6 heteroatoms. The van der Waals surface area contributed by atoms with Gasteiger partial charge in [-0.2, -0.15) is 10.4 Å². The molecule has 1 aromatic heterocycles. The number of rotatable bonds is 3. The number of aryl methyl sites for hydroxylation is 2. The van der Waals surface area contributed by atoms with Crippen molar-refractivity contribution in [2.45, 2.75) is 13.5 Å². The average Bonchev–Trinajstić information content (AvgIpc) is 2.62. The lowest BCUT2D eigenvalue weighted by Crippen LogP contribution is -2.02. The smallest absolute Gasteiger partial charge is 0.131 e. The number of hydrogen-bond acceptors (Lipinski definition) is 3. The number of nitrogens with zero attached hydrogens (tertiary/aromatic N) is 3. The van der Waals surface area contributed by atoms with Crippen LogP contribution in [0.5, 0.6) is 0 Å². The summed E-state index contributed by atoms with van der Waals surface area (Å²) in [6.07, 6.45) is 0. The summed E-state index contributed by atoms with van der Waals surface area (Å²) in [7, 11) is 1.76. The number of nitrogens with one attached hydrogen (secondary N) is 1. The third-order valence-electron chi connectivity index (χ3n) is 2.83. The lowest BCUT2D eigenvalue weighted by Gasteiger charge is -2.08. The van der Waals surface area contributed by atoms with E-state index in [1.165, 1.54) is 18.2 Å². The van der Waals surface area contributed by atoms with Crippen LogP contribution in [0.25, 0.3) is 0 Å². The molecule has 0 spiro atoms. The molecule has 4 nitrogen and oxygen atoms in total. The summed E-state index contributed by atoms with van der Waals surface area (Å²) in [4.78, 5) is 0. The van der Waals surface area contributed by atoms with E-state index in [1.54, 1.807) is 11.7 Å². The van der Waals surface area contributed by atoms with Gasteiger partial charge in [-0.15, -0.1) is 0 Å². The first-order valence-electron chi connectivity index (χ1n) is 5.64. The van der Waals surface area contributed by atoms with Gasteiger partial charge in [0.05, 0.1) is 16.9 Å². The second-order valence-electron chi connectivity index (χ2n) is 4.13. The molecule has 1 N–H and O–H groups in total. The summed E-state index contributed by atoms with van der Waals surface area (Å²) in [5.74, 6) is -0.433. The molecule has 0 bridgehead atoms. The van der Waals surface area contributed by atoms with Crippen LogP contribution in [0.2, 0.25) is 5.15 Å². The Balaban J connectivity index is 2.22. The summed E-state index contributed by atoms with van der Waals surface area (Å²) in [6.45, 7) is 2.29. The molecule has 0 aliphatic heterocycles. The predicted octanol–water partition coefficient (Wildman–Crippen LogP) is 3.00. The van der Waals surface area contributed by atoms with Crippen LogP contribution in [0.3, 0.4) is 0 Å². The summed E-state index contributed by atoms with van der Waals surface area (Å²) >= 11 is 6.11. The fraction of sp³-hybridized carbons (Fsp3) is 0.231. The van der Waals surface area contributed by atoms with Gasteiger partial charge in [0, 0.05) is 19.2 Å². The van der Waals surface area contributed by atoms with Gasteiger partial charge >= 0.3 is 0 Å². The first kappa shape index (κ1) is 13.4. The van der Waals surface area contributed by atoms with Crippen LogP contribution in [-0.4, -0.2) is 9.78 Å². The standard InChI is InChI=1S/C13H12ClFN4/c1-8-11(13(14)19(2)18-8)7-17-12-4-3-10(15)5-9(12)6-16/h3-5,17H,7H2,1-2H3. The topological polar surface area (TPSA) is 53.6 Å². The number of halogens is 2. The zero-order valence-electron chi connectivity index (χ0n) is 10.5. The zero-order valence-corrected chi connectivity index (χ0v) is 11.3. The van der Waals surface area contributed by atoms with E-state index in [4.69, 9.17) is 16.9 Å². The van der Waals surface area contributed by atoms with Gasteiger partial charge in [-0.3, -0.25) is 4.68 Å². The van der Waals surface area contributed by atoms with Gasteiger partial charge in [-0.25, -0.2) is 4.39 Å². The maximum atomic E-state index is 13.0. The number of nitriles is 1. The minimum atomic E-state index is -0.433. The Kier molecular flexibility index (Phi) is 3.72. The molecular formula is C13H12ClFN4. The molecule has 0 fully saturated rings. The SMILES string of the molecule is Cc1nn(C)c(Cl)c1CNc1ccc(F)cc1C#N. The Labute approximate surface area is 115 Å². The summed E-state index contributed by atoms with van der Waals surface area (Å²) < 4.78 is 14.6. The van der Waals surface area contributed by atoms with Gasteiger partial charge < -0.3 is 5.32 Å². The van der Waals surface area contributed by atoms with Crippen molar-refractivity contribution >= 4 is 17.3 Å². The van der Waals surface area contributed by atoms with Gasteiger partial charge in [0.1, 0.15) is 17.0 Å². The molecule has 0 aliphatic carbocycles. The van der Waals surface area contributed by atoms with Crippen molar-refractivity contribution in [1.29, 1.82) is 5.26 Å². The van der Waals surface area contributed by atoms with E-state index >= 15 is 0 Å². The van der Waals surface area contributed by atoms with E-state index in [2.05, 4.69) is 10.4 Å². The quantitative estimate of drug-likeness (QED) is 0.939. The molecule has 0 aliphatic rings. The second kappa shape index (κ2) is 5.29. The van der Waals surface area contributed by atoms with Crippen molar-refractivity contribution in [3.63, 3.8) is 0 Å². The van der Waals surface area contributed by atoms with Crippen LogP contribution in [0.1, 0.15) is 16.8 Å². The van der Waals surface area contributed by atoms with Crippen molar-refractivity contribution < 1.29 is 4.39 Å². The molecular weight excluding hydrogens is 267 g/mol. The normalized spacial score (nSPS) is 10.3. The molecule has 2 rings (SSSR count). The average molecular weight is 279 g/mol. The van der Waals surface area contributed by atoms with Gasteiger partial charge in [0.2, 0.25) is 0 Å². The summed E-state index contributed by atoms with van der Waals surface area (Å²) in [5, 5.41) is 16.8. The molecule has 0 atom stereocenters. The van der Waals surface area contributed by atoms with Crippen molar-refractivity contribution in [3.8, 4) is 6.07 Å². The van der Waals surface area contributed by atoms with Crippen molar-refractivity contribution in [2.24, 2.45) is 7.05 Å². The first-order chi connectivity index (χ1) is 9.02. The largest absolute Gasteiger partial charge is 0.380 e. The van der Waals surface area contributed by atoms with Crippen molar-refractivity contribution in [1.82, 2.24) is 9.78 Å². The molecule has 1 heterocycles. The van der Waals surface area contributed by atoms with E-state index < -0.39 is 5.82 Å². The van der Waals surface area contributed by atoms with Crippen molar-refractivity contribution in [3.05, 3.63) is 46.0 Å². The van der Waals surface area contributed by atoms with E-state index in [0.29, 0.717) is 17.4 Å². The van der Waals surface area contributed by atoms with Crippen LogP contribution in [0.4, 0.5) is 10.1 Å². The number of aromatic nitrogens is 2. The molecule has 98 valence electrons. The number of anilines is 1. The Morgan fingerprint density at radius 3 is 2.84 bits per heavy atom. The van der Waals surface area contributed by atoms with Crippen LogP contribution in [0, 0.1) is 24.1 Å². The molecule has 1 aromatic carbocycles. The Bertz CT molecular complexity index is 657. The van der Waals surface area contributed by atoms with Crippen molar-refractivity contribution in [2.75, 3.05) is 5.32 Å². The number of hydrogen-bond donors (Lipinski definition) is 1. The fourth-order valence-corrected chi connectivity index (χ4v) is 2.06. The van der Waals surface area contributed by atoms with Gasteiger partial charge in [-0.05, 0) is 25.1 Å². The highest BCUT2D eigenvalue weighted by molar-refractivity contribution is 6.30. The monoisotopic (exact) mass is 278 g/mol. The Morgan fingerprint density at radius 1 is 1.53 bits per heavy atom. The van der Waals surface area contributed by atoms with E-state index in [-0.39, 0.29) is 5.56 Å². The zero-order chi connectivity index (χ0) is 14.0. The molecule has 0 saturated heterocycles. The third kappa shape index (κ3) is 2.69. The summed E-state index contributed by atoms with van der Waals surface area (Å²) in [5.41, 5.74) is 2.51. The molecule has 0 saturated carbocycles. The highest BCUT2D eigenvalue weighted by atomic mass is 35.5. The molecule has 19 heavy (non-hydrogen) atoms. The lowest BCUT2D eigenvalue weighted by molar-refractivity contribution is 0.627. The number of benzene rings is 1. The Hall–Kier alpha value is -2.06. The van der Waals surface area contributed by atoms with Crippen LogP contribution >= 0.6 is 11.6 Å². The summed E-state index contributed by atoms with van der Waals surface area (Å²) in [6, 6.07) is 5.99. The fourth-order valence-electron chi connectivity index (χ4n) is 1.82. The van der Waals surface area contributed by atoms with Gasteiger partial charge in [-0.1, -0.05) is 11.6 Å². The van der Waals surface area contributed by atoms with E-state index in [9.17, 15) is 4.39 Å². The van der Waals surface area contributed by atoms with Gasteiger partial charge in [0.15, 0.2) is 0 Å². The molecule has 0 amide bonds. The minimum Gasteiger partial charge on any atom is -0.380 e. The van der Waals surface area contributed by atoms with Crippen LogP contribution < -0.4 is 5.32 Å². The molecule has 0 unspecified atom stereocenters. The highest BCUT2D eigenvalue weighted by Gasteiger charge is 2.11. The van der Waals surface area contributed by atoms with Crippen LogP contribution in [0.15, 0.2) is 18.2 Å². The maximum absolute atomic E-state index is 13.0. The molecule has 2 aromatic rings. The van der Waals surface area contributed by atoms with E-state index in [0.717, 1.165) is 11.3 Å². The van der Waals surface area contributed by atoms with E-state index in [1.807, 2.05) is 13.0 Å². The Morgan fingerprint density at radius 2 is 2.26 bits per heavy atom. The lowest BCUT2D eigenvalue weighted by atomic mass is 10.1. The predicted molar refractivity (Wildman–Crippen MR) is 71.4 cm³/mol. The minimum absolute atomic E-state index is 0.262. The third-order valence-corrected chi connectivity index (χ3v) is 3.30. The van der Waals surface area contributed by atoms with Gasteiger partial charge in [0.25, 0.3) is 0 Å². The second-order valence-corrected chi connectivity index (χ2v) is 4.49. The maximum Gasteiger partial charge on any atom is 0.131 e. The molecule has 0 radical (unpaired) electrons.